The van der Waals surface area contributed by atoms with Crippen molar-refractivity contribution >= 4 is 0 Å². The summed E-state index contributed by atoms with van der Waals surface area (Å²) in [7, 11) is 0. The van der Waals surface area contributed by atoms with E-state index in [-0.39, 0.29) is 17.9 Å². The first-order chi connectivity index (χ1) is 14.0. The summed E-state index contributed by atoms with van der Waals surface area (Å²) in [5.41, 5.74) is 0.718. The van der Waals surface area contributed by atoms with Crippen LogP contribution >= 0.6 is 0 Å². The standard InChI is InChI=1S/C24H30F3NO2/c1-16-13-28(14-17(2)22(16)29)15-23(3,30)12-19-6-4-5-7-21(19)18-8-10-20(11-9-18)24(25,26)27/h4-11,16-17,22,29-30H,12-15H2,1-3H3. The Labute approximate surface area is 176 Å². The maximum atomic E-state index is 12.9. The molecule has 6 heteroatoms. The molecule has 0 amide bonds. The summed E-state index contributed by atoms with van der Waals surface area (Å²) < 4.78 is 38.6. The van der Waals surface area contributed by atoms with Gasteiger partial charge in [0.2, 0.25) is 0 Å². The molecule has 1 saturated heterocycles. The zero-order valence-corrected chi connectivity index (χ0v) is 17.7. The summed E-state index contributed by atoms with van der Waals surface area (Å²) >= 11 is 0. The quantitative estimate of drug-likeness (QED) is 0.741. The molecular formula is C24H30F3NO2. The number of piperidine rings is 1. The molecule has 0 aliphatic carbocycles. The summed E-state index contributed by atoms with van der Waals surface area (Å²) in [6, 6.07) is 12.6. The number of benzene rings is 2. The Morgan fingerprint density at radius 3 is 2.10 bits per heavy atom. The van der Waals surface area contributed by atoms with Gasteiger partial charge in [-0.3, -0.25) is 4.90 Å². The minimum atomic E-state index is -4.36. The van der Waals surface area contributed by atoms with Gasteiger partial charge in [0, 0.05) is 26.1 Å². The maximum absolute atomic E-state index is 12.9. The van der Waals surface area contributed by atoms with E-state index in [4.69, 9.17) is 0 Å². The van der Waals surface area contributed by atoms with E-state index in [1.54, 1.807) is 6.92 Å². The van der Waals surface area contributed by atoms with Crippen molar-refractivity contribution in [1.82, 2.24) is 4.90 Å². The van der Waals surface area contributed by atoms with Crippen LogP contribution in [0.5, 0.6) is 0 Å². The molecule has 1 heterocycles. The van der Waals surface area contributed by atoms with Crippen molar-refractivity contribution in [3.63, 3.8) is 0 Å². The van der Waals surface area contributed by atoms with Crippen molar-refractivity contribution in [3.8, 4) is 11.1 Å². The van der Waals surface area contributed by atoms with Crippen LogP contribution in [0.15, 0.2) is 48.5 Å². The zero-order valence-electron chi connectivity index (χ0n) is 17.7. The molecule has 2 N–H and O–H groups in total. The second-order valence-electron chi connectivity index (χ2n) is 9.05. The second-order valence-corrected chi connectivity index (χ2v) is 9.05. The molecule has 2 aromatic carbocycles. The van der Waals surface area contributed by atoms with Crippen LogP contribution < -0.4 is 0 Å². The molecule has 0 spiro atoms. The van der Waals surface area contributed by atoms with E-state index >= 15 is 0 Å². The van der Waals surface area contributed by atoms with E-state index < -0.39 is 17.3 Å². The Balaban J connectivity index is 1.77. The third-order valence-corrected chi connectivity index (χ3v) is 5.93. The summed E-state index contributed by atoms with van der Waals surface area (Å²) in [5, 5.41) is 21.3. The van der Waals surface area contributed by atoms with E-state index in [1.807, 2.05) is 38.1 Å². The van der Waals surface area contributed by atoms with E-state index in [9.17, 15) is 23.4 Å². The summed E-state index contributed by atoms with van der Waals surface area (Å²) in [6.45, 7) is 7.74. The molecular weight excluding hydrogens is 391 g/mol. The van der Waals surface area contributed by atoms with Crippen LogP contribution in [0.1, 0.15) is 31.9 Å². The average molecular weight is 422 g/mol. The Morgan fingerprint density at radius 2 is 1.53 bits per heavy atom. The fourth-order valence-corrected chi connectivity index (χ4v) is 4.54. The highest BCUT2D eigenvalue weighted by molar-refractivity contribution is 5.67. The highest BCUT2D eigenvalue weighted by atomic mass is 19.4. The lowest BCUT2D eigenvalue weighted by atomic mass is 9.86. The van der Waals surface area contributed by atoms with Crippen LogP contribution in [-0.4, -0.2) is 46.5 Å². The van der Waals surface area contributed by atoms with Crippen molar-refractivity contribution in [1.29, 1.82) is 0 Å². The number of halogens is 3. The molecule has 3 rings (SSSR count). The first-order valence-electron chi connectivity index (χ1n) is 10.3. The van der Waals surface area contributed by atoms with Crippen LogP contribution in [0.25, 0.3) is 11.1 Å². The number of alkyl halides is 3. The van der Waals surface area contributed by atoms with Gasteiger partial charge < -0.3 is 10.2 Å². The van der Waals surface area contributed by atoms with Gasteiger partial charge in [-0.05, 0) is 47.6 Å². The normalized spacial score (nSPS) is 25.1. The van der Waals surface area contributed by atoms with Crippen molar-refractivity contribution < 1.29 is 23.4 Å². The second kappa shape index (κ2) is 8.69. The van der Waals surface area contributed by atoms with E-state index in [0.717, 1.165) is 36.3 Å². The van der Waals surface area contributed by atoms with Crippen molar-refractivity contribution in [2.24, 2.45) is 11.8 Å². The number of hydrogen-bond acceptors (Lipinski definition) is 3. The number of β-amino-alcohol motifs (C(OH)–C–C–N with tert-alkyl or cyclic N) is 1. The first kappa shape index (κ1) is 22.8. The molecule has 164 valence electrons. The van der Waals surface area contributed by atoms with E-state index in [2.05, 4.69) is 4.90 Å². The van der Waals surface area contributed by atoms with Crippen molar-refractivity contribution in [2.75, 3.05) is 19.6 Å². The van der Waals surface area contributed by atoms with E-state index in [0.29, 0.717) is 18.5 Å². The van der Waals surface area contributed by atoms with Crippen LogP contribution in [0.2, 0.25) is 0 Å². The molecule has 0 radical (unpaired) electrons. The molecule has 1 fully saturated rings. The highest BCUT2D eigenvalue weighted by Gasteiger charge is 2.34. The Hall–Kier alpha value is -1.89. The summed E-state index contributed by atoms with van der Waals surface area (Å²) in [4.78, 5) is 2.18. The van der Waals surface area contributed by atoms with Gasteiger partial charge in [0.25, 0.3) is 0 Å². The van der Waals surface area contributed by atoms with Crippen LogP contribution in [0, 0.1) is 11.8 Å². The number of aliphatic hydroxyl groups is 2. The molecule has 1 aliphatic heterocycles. The smallest absolute Gasteiger partial charge is 0.392 e. The van der Waals surface area contributed by atoms with Gasteiger partial charge in [-0.25, -0.2) is 0 Å². The average Bonchev–Trinajstić information content (AvgIpc) is 2.65. The number of rotatable bonds is 5. The maximum Gasteiger partial charge on any atom is 0.416 e. The third-order valence-electron chi connectivity index (χ3n) is 5.93. The lowest BCUT2D eigenvalue weighted by Crippen LogP contribution is -2.52. The molecule has 3 nitrogen and oxygen atoms in total. The van der Waals surface area contributed by atoms with E-state index in [1.165, 1.54) is 12.1 Å². The lowest BCUT2D eigenvalue weighted by molar-refractivity contribution is -0.137. The van der Waals surface area contributed by atoms with Gasteiger partial charge in [0.05, 0.1) is 17.3 Å². The Morgan fingerprint density at radius 1 is 0.967 bits per heavy atom. The van der Waals surface area contributed by atoms with Crippen molar-refractivity contribution in [2.45, 2.75) is 45.1 Å². The largest absolute Gasteiger partial charge is 0.416 e. The number of nitrogens with zero attached hydrogens (tertiary/aromatic N) is 1. The monoisotopic (exact) mass is 421 g/mol. The molecule has 2 aromatic rings. The molecule has 0 bridgehead atoms. The van der Waals surface area contributed by atoms with Crippen LogP contribution in [0.4, 0.5) is 13.2 Å². The van der Waals surface area contributed by atoms with Gasteiger partial charge in [0.15, 0.2) is 0 Å². The summed E-state index contributed by atoms with van der Waals surface area (Å²) in [6.07, 6.45) is -4.31. The van der Waals surface area contributed by atoms with Gasteiger partial charge >= 0.3 is 6.18 Å². The minimum absolute atomic E-state index is 0.143. The fourth-order valence-electron chi connectivity index (χ4n) is 4.54. The molecule has 0 saturated carbocycles. The van der Waals surface area contributed by atoms with Gasteiger partial charge in [0.1, 0.15) is 0 Å². The van der Waals surface area contributed by atoms with Gasteiger partial charge in [-0.2, -0.15) is 13.2 Å². The number of likely N-dealkylation sites (tertiary alicyclic amines) is 1. The topological polar surface area (TPSA) is 43.7 Å². The van der Waals surface area contributed by atoms with Gasteiger partial charge in [-0.1, -0.05) is 50.2 Å². The highest BCUT2D eigenvalue weighted by Crippen LogP contribution is 2.33. The predicted molar refractivity (Wildman–Crippen MR) is 112 cm³/mol. The predicted octanol–water partition coefficient (Wildman–Crippen LogP) is 4.61. The third kappa shape index (κ3) is 5.42. The Bertz CT molecular complexity index is 836. The van der Waals surface area contributed by atoms with Crippen LogP contribution in [0.3, 0.4) is 0 Å². The lowest BCUT2D eigenvalue weighted by Gasteiger charge is -2.41. The van der Waals surface area contributed by atoms with Gasteiger partial charge in [-0.15, -0.1) is 0 Å². The Kier molecular flexibility index (Phi) is 6.60. The summed E-state index contributed by atoms with van der Waals surface area (Å²) in [5.74, 6) is 0.285. The zero-order chi connectivity index (χ0) is 22.1. The molecule has 3 unspecified atom stereocenters. The SMILES string of the molecule is CC1CN(CC(C)(O)Cc2ccccc2-c2ccc(C(F)(F)F)cc2)CC(C)C1O. The molecule has 30 heavy (non-hydrogen) atoms. The number of aliphatic hydroxyl groups excluding tert-OH is 1. The van der Waals surface area contributed by atoms with Crippen LogP contribution in [-0.2, 0) is 12.6 Å². The first-order valence-corrected chi connectivity index (χ1v) is 10.3. The number of hydrogen-bond donors (Lipinski definition) is 2. The molecule has 0 aromatic heterocycles. The minimum Gasteiger partial charge on any atom is -0.392 e. The molecule has 1 aliphatic rings. The van der Waals surface area contributed by atoms with Crippen molar-refractivity contribution in [3.05, 3.63) is 59.7 Å². The fraction of sp³-hybridized carbons (Fsp3) is 0.500. The molecule has 3 atom stereocenters.